The number of piperazine rings is 1. The van der Waals surface area contributed by atoms with Crippen molar-refractivity contribution in [2.75, 3.05) is 31.1 Å². The summed E-state index contributed by atoms with van der Waals surface area (Å²) in [6, 6.07) is 0. The summed E-state index contributed by atoms with van der Waals surface area (Å²) < 4.78 is 5.46. The van der Waals surface area contributed by atoms with Crippen LogP contribution >= 0.6 is 12.6 Å². The van der Waals surface area contributed by atoms with Crippen molar-refractivity contribution in [3.63, 3.8) is 0 Å². The molecule has 6 nitrogen and oxygen atoms in total. The van der Waals surface area contributed by atoms with Gasteiger partial charge in [-0.2, -0.15) is 12.6 Å². The number of thiol groups is 1. The van der Waals surface area contributed by atoms with Gasteiger partial charge in [0.15, 0.2) is 0 Å². The first kappa shape index (κ1) is 21.9. The smallest absolute Gasteiger partial charge is 0.444 e. The Morgan fingerprint density at radius 1 is 1.07 bits per heavy atom. The SMILES string of the molecule is Cc1c(CS)c(C)c(N2CCN(C(=O)OC(C)(C)C)CC2)c(C)c1B(O)O. The molecular weight excluding hydrogens is 363 g/mol. The summed E-state index contributed by atoms with van der Waals surface area (Å²) in [5, 5.41) is 19.8. The molecule has 1 fully saturated rings. The Morgan fingerprint density at radius 3 is 2.07 bits per heavy atom. The standard InChI is InChI=1S/C19H31BN2O4S/c1-12-15(11-27)13(2)17(14(3)16(12)20(24)25)21-7-9-22(10-8-21)18(23)26-19(4,5)6/h24-25,27H,7-11H2,1-6H3. The maximum atomic E-state index is 12.3. The van der Waals surface area contributed by atoms with E-state index in [0.29, 0.717) is 37.4 Å². The molecule has 1 aromatic rings. The number of anilines is 1. The van der Waals surface area contributed by atoms with Crippen molar-refractivity contribution in [1.29, 1.82) is 0 Å². The first-order valence-electron chi connectivity index (χ1n) is 9.30. The molecule has 1 amide bonds. The van der Waals surface area contributed by atoms with Crippen LogP contribution in [-0.4, -0.2) is 59.9 Å². The first-order chi connectivity index (χ1) is 12.5. The van der Waals surface area contributed by atoms with Gasteiger partial charge in [0, 0.05) is 37.6 Å². The zero-order chi connectivity index (χ0) is 20.5. The van der Waals surface area contributed by atoms with Crippen molar-refractivity contribution in [2.45, 2.75) is 52.9 Å². The second kappa shape index (κ2) is 8.33. The third kappa shape index (κ3) is 4.73. The van der Waals surface area contributed by atoms with E-state index in [1.807, 2.05) is 34.6 Å². The molecule has 27 heavy (non-hydrogen) atoms. The Kier molecular flexibility index (Phi) is 6.76. The molecule has 150 valence electrons. The van der Waals surface area contributed by atoms with Crippen molar-refractivity contribution >= 4 is 37.0 Å². The quantitative estimate of drug-likeness (QED) is 0.539. The molecule has 0 aliphatic carbocycles. The van der Waals surface area contributed by atoms with Crippen LogP contribution in [0.15, 0.2) is 0 Å². The van der Waals surface area contributed by atoms with Gasteiger partial charge in [-0.05, 0) is 69.3 Å². The number of benzene rings is 1. The van der Waals surface area contributed by atoms with Crippen LogP contribution in [-0.2, 0) is 10.5 Å². The Balaban J connectivity index is 2.28. The van der Waals surface area contributed by atoms with E-state index in [1.165, 1.54) is 0 Å². The summed E-state index contributed by atoms with van der Waals surface area (Å²) in [5.74, 6) is 0.530. The van der Waals surface area contributed by atoms with Gasteiger partial charge >= 0.3 is 13.2 Å². The molecule has 1 heterocycles. The van der Waals surface area contributed by atoms with Crippen molar-refractivity contribution in [3.8, 4) is 0 Å². The molecule has 0 radical (unpaired) electrons. The number of ether oxygens (including phenoxy) is 1. The van der Waals surface area contributed by atoms with Crippen LogP contribution < -0.4 is 10.4 Å². The van der Waals surface area contributed by atoms with Gasteiger partial charge in [-0.3, -0.25) is 0 Å². The second-order valence-corrected chi connectivity index (χ2v) is 8.42. The van der Waals surface area contributed by atoms with E-state index in [-0.39, 0.29) is 6.09 Å². The summed E-state index contributed by atoms with van der Waals surface area (Å²) >= 11 is 4.44. The molecule has 1 aliphatic rings. The summed E-state index contributed by atoms with van der Waals surface area (Å²) in [7, 11) is -1.52. The van der Waals surface area contributed by atoms with Gasteiger partial charge < -0.3 is 24.6 Å². The van der Waals surface area contributed by atoms with E-state index in [4.69, 9.17) is 4.74 Å². The fourth-order valence-corrected chi connectivity index (χ4v) is 4.29. The summed E-state index contributed by atoms with van der Waals surface area (Å²) in [5.41, 5.74) is 4.94. The van der Waals surface area contributed by atoms with Crippen LogP contribution in [0.1, 0.15) is 43.0 Å². The Morgan fingerprint density at radius 2 is 1.63 bits per heavy atom. The third-order valence-corrected chi connectivity index (χ3v) is 5.40. The van der Waals surface area contributed by atoms with Gasteiger partial charge in [0.1, 0.15) is 5.60 Å². The maximum Gasteiger partial charge on any atom is 0.489 e. The number of carbonyl (C=O) groups is 1. The van der Waals surface area contributed by atoms with Gasteiger partial charge in [-0.15, -0.1) is 0 Å². The third-order valence-electron chi connectivity index (χ3n) is 5.09. The van der Waals surface area contributed by atoms with Gasteiger partial charge in [0.25, 0.3) is 0 Å². The fraction of sp³-hybridized carbons (Fsp3) is 0.632. The van der Waals surface area contributed by atoms with Crippen molar-refractivity contribution in [2.24, 2.45) is 0 Å². The van der Waals surface area contributed by atoms with Crippen molar-refractivity contribution in [1.82, 2.24) is 4.90 Å². The molecule has 8 heteroatoms. The number of hydrogen-bond donors (Lipinski definition) is 3. The minimum atomic E-state index is -1.52. The second-order valence-electron chi connectivity index (χ2n) is 8.10. The van der Waals surface area contributed by atoms with Crippen molar-refractivity contribution in [3.05, 3.63) is 22.3 Å². The van der Waals surface area contributed by atoms with Crippen LogP contribution in [0.25, 0.3) is 0 Å². The van der Waals surface area contributed by atoms with Gasteiger partial charge in [-0.1, -0.05) is 0 Å². The number of amides is 1. The Bertz CT molecular complexity index is 711. The molecule has 1 saturated heterocycles. The lowest BCUT2D eigenvalue weighted by molar-refractivity contribution is 0.0240. The van der Waals surface area contributed by atoms with E-state index >= 15 is 0 Å². The lowest BCUT2D eigenvalue weighted by Gasteiger charge is -2.39. The van der Waals surface area contributed by atoms with Crippen LogP contribution in [0.2, 0.25) is 0 Å². The molecule has 2 rings (SSSR count). The maximum absolute atomic E-state index is 12.3. The lowest BCUT2D eigenvalue weighted by atomic mass is 9.71. The first-order valence-corrected chi connectivity index (χ1v) is 9.93. The molecule has 0 unspecified atom stereocenters. The molecule has 0 bridgehead atoms. The topological polar surface area (TPSA) is 73.2 Å². The minimum absolute atomic E-state index is 0.290. The average molecular weight is 394 g/mol. The van der Waals surface area contributed by atoms with Gasteiger partial charge in [0.05, 0.1) is 0 Å². The number of carbonyl (C=O) groups excluding carboxylic acids is 1. The monoisotopic (exact) mass is 394 g/mol. The van der Waals surface area contributed by atoms with Crippen LogP contribution in [0, 0.1) is 20.8 Å². The molecule has 0 atom stereocenters. The molecule has 0 saturated carbocycles. The zero-order valence-electron chi connectivity index (χ0n) is 17.2. The van der Waals surface area contributed by atoms with E-state index in [0.717, 1.165) is 27.9 Å². The Hall–Kier alpha value is -1.38. The molecular formula is C19H31BN2O4S. The van der Waals surface area contributed by atoms with Gasteiger partial charge in [-0.25, -0.2) is 4.79 Å². The van der Waals surface area contributed by atoms with Crippen molar-refractivity contribution < 1.29 is 19.6 Å². The molecule has 0 aromatic heterocycles. The molecule has 1 aromatic carbocycles. The predicted molar refractivity (Wildman–Crippen MR) is 113 cm³/mol. The summed E-state index contributed by atoms with van der Waals surface area (Å²) in [6.07, 6.45) is -0.290. The molecule has 2 N–H and O–H groups in total. The fourth-order valence-electron chi connectivity index (χ4n) is 3.81. The zero-order valence-corrected chi connectivity index (χ0v) is 18.1. The highest BCUT2D eigenvalue weighted by Gasteiger charge is 2.30. The minimum Gasteiger partial charge on any atom is -0.444 e. The number of nitrogens with zero attached hydrogens (tertiary/aromatic N) is 2. The normalized spacial score (nSPS) is 15.1. The van der Waals surface area contributed by atoms with E-state index in [9.17, 15) is 14.8 Å². The number of hydrogen-bond acceptors (Lipinski definition) is 6. The summed E-state index contributed by atoms with van der Waals surface area (Å²) in [4.78, 5) is 16.2. The molecule has 1 aliphatic heterocycles. The predicted octanol–water partition coefficient (Wildman–Crippen LogP) is 1.78. The average Bonchev–Trinajstić information content (AvgIpc) is 2.53. The lowest BCUT2D eigenvalue weighted by Crippen LogP contribution is -2.51. The highest BCUT2D eigenvalue weighted by atomic mass is 32.1. The highest BCUT2D eigenvalue weighted by Crippen LogP contribution is 2.31. The molecule has 0 spiro atoms. The van der Waals surface area contributed by atoms with E-state index < -0.39 is 12.7 Å². The highest BCUT2D eigenvalue weighted by molar-refractivity contribution is 7.79. The summed E-state index contributed by atoms with van der Waals surface area (Å²) in [6.45, 7) is 13.9. The number of rotatable bonds is 3. The van der Waals surface area contributed by atoms with E-state index in [2.05, 4.69) is 24.5 Å². The van der Waals surface area contributed by atoms with Crippen LogP contribution in [0.5, 0.6) is 0 Å². The largest absolute Gasteiger partial charge is 0.489 e. The van der Waals surface area contributed by atoms with Crippen LogP contribution in [0.4, 0.5) is 10.5 Å². The van der Waals surface area contributed by atoms with E-state index in [1.54, 1.807) is 4.90 Å². The Labute approximate surface area is 168 Å². The van der Waals surface area contributed by atoms with Crippen LogP contribution in [0.3, 0.4) is 0 Å². The van der Waals surface area contributed by atoms with Gasteiger partial charge in [0.2, 0.25) is 0 Å².